The Morgan fingerprint density at radius 1 is 1.17 bits per heavy atom. The van der Waals surface area contributed by atoms with Crippen LogP contribution in [0.5, 0.6) is 5.75 Å². The van der Waals surface area contributed by atoms with Gasteiger partial charge in [0.25, 0.3) is 0 Å². The van der Waals surface area contributed by atoms with Crippen molar-refractivity contribution in [1.82, 2.24) is 4.40 Å². The highest BCUT2D eigenvalue weighted by Crippen LogP contribution is 2.35. The van der Waals surface area contributed by atoms with Gasteiger partial charge in [0.1, 0.15) is 5.76 Å². The molecule has 0 aliphatic carbocycles. The Balaban J connectivity index is 2.00. The summed E-state index contributed by atoms with van der Waals surface area (Å²) in [7, 11) is 1.61. The van der Waals surface area contributed by atoms with Gasteiger partial charge in [-0.1, -0.05) is 12.1 Å². The molecule has 0 aliphatic heterocycles. The van der Waals surface area contributed by atoms with Gasteiger partial charge in [0.2, 0.25) is 0 Å². The maximum Gasteiger partial charge on any atom is 0.176 e. The van der Waals surface area contributed by atoms with Crippen molar-refractivity contribution in [3.05, 3.63) is 59.9 Å². The summed E-state index contributed by atoms with van der Waals surface area (Å²) in [6.45, 7) is 2.03. The number of benzene rings is 1. The summed E-state index contributed by atoms with van der Waals surface area (Å²) in [5, 5.41) is 0.947. The second kappa shape index (κ2) is 5.02. The number of ether oxygens (including phenoxy) is 1. The molecule has 0 bridgehead atoms. The summed E-state index contributed by atoms with van der Waals surface area (Å²) < 4.78 is 13.2. The van der Waals surface area contributed by atoms with Crippen molar-refractivity contribution in [3.63, 3.8) is 0 Å². The average Bonchev–Trinajstić information content (AvgIpc) is 3.14. The molecule has 0 atom stereocenters. The molecule has 1 aromatic carbocycles. The van der Waals surface area contributed by atoms with Crippen LogP contribution in [-0.2, 0) is 0 Å². The van der Waals surface area contributed by atoms with Gasteiger partial charge in [0.05, 0.1) is 12.8 Å². The minimum absolute atomic E-state index is 0.582. The first-order valence-corrected chi connectivity index (χ1v) is 7.35. The lowest BCUT2D eigenvalue weighted by Gasteiger charge is -1.99. The van der Waals surface area contributed by atoms with Crippen molar-refractivity contribution < 1.29 is 13.9 Å². The highest BCUT2D eigenvalue weighted by Gasteiger charge is 2.16. The van der Waals surface area contributed by atoms with Gasteiger partial charge >= 0.3 is 0 Å². The Hall–Kier alpha value is -3.01. The quantitative estimate of drug-likeness (QED) is 0.524. The van der Waals surface area contributed by atoms with E-state index in [1.807, 2.05) is 60.0 Å². The Morgan fingerprint density at radius 3 is 2.83 bits per heavy atom. The molecule has 23 heavy (non-hydrogen) atoms. The number of aryl methyl sites for hydroxylation is 1. The predicted octanol–water partition coefficient (Wildman–Crippen LogP) is 4.48. The Labute approximate surface area is 132 Å². The van der Waals surface area contributed by atoms with Crippen molar-refractivity contribution in [1.29, 1.82) is 0 Å². The Morgan fingerprint density at radius 2 is 2.04 bits per heavy atom. The fourth-order valence-corrected chi connectivity index (χ4v) is 2.96. The topological polar surface area (TPSA) is 43.9 Å². The summed E-state index contributed by atoms with van der Waals surface area (Å²) in [4.78, 5) is 11.6. The Bertz CT molecular complexity index is 1040. The standard InChI is InChI=1S/C19H15NO3/c1-12-6-7-20-14(8-12)10-15(16(20)11-21)18-9-13-4-3-5-17(22-2)19(13)23-18/h3-11H,1-2H3. The highest BCUT2D eigenvalue weighted by atomic mass is 16.5. The summed E-state index contributed by atoms with van der Waals surface area (Å²) in [6.07, 6.45) is 2.77. The van der Waals surface area contributed by atoms with Crippen molar-refractivity contribution in [2.45, 2.75) is 6.92 Å². The zero-order valence-electron chi connectivity index (χ0n) is 12.9. The molecule has 0 unspecified atom stereocenters. The molecule has 0 aliphatic rings. The molecule has 114 valence electrons. The number of aldehydes is 1. The van der Waals surface area contributed by atoms with E-state index >= 15 is 0 Å². The molecule has 4 nitrogen and oxygen atoms in total. The largest absolute Gasteiger partial charge is 0.493 e. The lowest BCUT2D eigenvalue weighted by molar-refractivity contribution is 0.111. The van der Waals surface area contributed by atoms with E-state index in [1.54, 1.807) is 7.11 Å². The van der Waals surface area contributed by atoms with E-state index < -0.39 is 0 Å². The molecule has 0 amide bonds. The predicted molar refractivity (Wildman–Crippen MR) is 89.3 cm³/mol. The van der Waals surface area contributed by atoms with E-state index in [2.05, 4.69) is 0 Å². The zero-order chi connectivity index (χ0) is 16.0. The van der Waals surface area contributed by atoms with Crippen LogP contribution >= 0.6 is 0 Å². The van der Waals surface area contributed by atoms with Gasteiger partial charge < -0.3 is 13.6 Å². The zero-order valence-corrected chi connectivity index (χ0v) is 12.9. The molecule has 4 aromatic rings. The summed E-state index contributed by atoms with van der Waals surface area (Å²) >= 11 is 0. The number of carbonyl (C=O) groups excluding carboxylic acids is 1. The van der Waals surface area contributed by atoms with Crippen LogP contribution in [0, 0.1) is 6.92 Å². The first-order valence-electron chi connectivity index (χ1n) is 7.35. The molecule has 4 rings (SSSR count). The van der Waals surface area contributed by atoms with E-state index in [0.717, 1.165) is 28.3 Å². The van der Waals surface area contributed by atoms with Crippen molar-refractivity contribution in [3.8, 4) is 17.1 Å². The Kier molecular flexibility index (Phi) is 2.98. The van der Waals surface area contributed by atoms with Crippen LogP contribution in [0.1, 0.15) is 16.1 Å². The normalized spacial score (nSPS) is 11.2. The van der Waals surface area contributed by atoms with E-state index in [0.29, 0.717) is 22.8 Å². The van der Waals surface area contributed by atoms with Gasteiger partial charge in [-0.2, -0.15) is 0 Å². The summed E-state index contributed by atoms with van der Waals surface area (Å²) in [5.74, 6) is 1.34. The first-order chi connectivity index (χ1) is 11.2. The number of fused-ring (bicyclic) bond motifs is 2. The number of methoxy groups -OCH3 is 1. The van der Waals surface area contributed by atoms with E-state index in [1.165, 1.54) is 0 Å². The number of rotatable bonds is 3. The van der Waals surface area contributed by atoms with Crippen LogP contribution in [0.25, 0.3) is 27.8 Å². The number of carbonyl (C=O) groups is 1. The van der Waals surface area contributed by atoms with Crippen LogP contribution in [0.2, 0.25) is 0 Å². The van der Waals surface area contributed by atoms with E-state index in [-0.39, 0.29) is 0 Å². The molecule has 0 N–H and O–H groups in total. The molecule has 0 spiro atoms. The van der Waals surface area contributed by atoms with E-state index in [9.17, 15) is 4.79 Å². The molecule has 3 aromatic heterocycles. The number of nitrogens with zero attached hydrogens (tertiary/aromatic N) is 1. The number of furan rings is 1. The molecular formula is C19H15NO3. The fourth-order valence-electron chi connectivity index (χ4n) is 2.96. The van der Waals surface area contributed by atoms with E-state index in [4.69, 9.17) is 9.15 Å². The molecule has 0 saturated carbocycles. The molecule has 3 heterocycles. The van der Waals surface area contributed by atoms with Gasteiger partial charge in [-0.15, -0.1) is 0 Å². The molecule has 0 fully saturated rings. The lowest BCUT2D eigenvalue weighted by atomic mass is 10.1. The van der Waals surface area contributed by atoms with Gasteiger partial charge in [-0.25, -0.2) is 0 Å². The SMILES string of the molecule is COc1cccc2cc(-c3cc4cc(C)ccn4c3C=O)oc12. The summed E-state index contributed by atoms with van der Waals surface area (Å²) in [5.41, 5.74) is 4.16. The average molecular weight is 305 g/mol. The minimum atomic E-state index is 0.582. The molecular weight excluding hydrogens is 290 g/mol. The number of hydrogen-bond donors (Lipinski definition) is 0. The number of aromatic nitrogens is 1. The summed E-state index contributed by atoms with van der Waals surface area (Å²) in [6, 6.07) is 13.7. The monoisotopic (exact) mass is 305 g/mol. The van der Waals surface area contributed by atoms with Gasteiger partial charge in [-0.3, -0.25) is 4.79 Å². The lowest BCUT2D eigenvalue weighted by Crippen LogP contribution is -1.91. The van der Waals surface area contributed by atoms with Crippen molar-refractivity contribution in [2.24, 2.45) is 0 Å². The highest BCUT2D eigenvalue weighted by molar-refractivity contribution is 5.93. The maximum absolute atomic E-state index is 11.6. The van der Waals surface area contributed by atoms with Crippen LogP contribution in [0.3, 0.4) is 0 Å². The number of para-hydroxylation sites is 1. The second-order valence-electron chi connectivity index (χ2n) is 5.55. The fraction of sp³-hybridized carbons (Fsp3) is 0.105. The molecule has 4 heteroatoms. The smallest absolute Gasteiger partial charge is 0.176 e. The van der Waals surface area contributed by atoms with Gasteiger partial charge in [0, 0.05) is 22.7 Å². The van der Waals surface area contributed by atoms with Gasteiger partial charge in [-0.05, 0) is 42.8 Å². The first kappa shape index (κ1) is 13.6. The van der Waals surface area contributed by atoms with Crippen molar-refractivity contribution >= 4 is 22.8 Å². The third-order valence-electron chi connectivity index (χ3n) is 4.07. The minimum Gasteiger partial charge on any atom is -0.493 e. The molecule has 0 radical (unpaired) electrons. The maximum atomic E-state index is 11.6. The van der Waals surface area contributed by atoms with Crippen LogP contribution < -0.4 is 4.74 Å². The van der Waals surface area contributed by atoms with Crippen LogP contribution in [0.15, 0.2) is 53.1 Å². The second-order valence-corrected chi connectivity index (χ2v) is 5.55. The van der Waals surface area contributed by atoms with Gasteiger partial charge in [0.15, 0.2) is 17.6 Å². The van der Waals surface area contributed by atoms with Crippen LogP contribution in [-0.4, -0.2) is 17.8 Å². The number of pyridine rings is 1. The number of hydrogen-bond acceptors (Lipinski definition) is 3. The third-order valence-corrected chi connectivity index (χ3v) is 4.07. The van der Waals surface area contributed by atoms with Crippen LogP contribution in [0.4, 0.5) is 0 Å². The molecule has 0 saturated heterocycles. The van der Waals surface area contributed by atoms with Crippen molar-refractivity contribution in [2.75, 3.05) is 7.11 Å². The third kappa shape index (κ3) is 2.03.